The molecule has 0 radical (unpaired) electrons. The molecule has 0 aromatic carbocycles. The molecule has 0 spiro atoms. The Bertz CT molecular complexity index is 1490. The van der Waals surface area contributed by atoms with Crippen LogP contribution in [0.3, 0.4) is 0 Å². The third-order valence-electron chi connectivity index (χ3n) is 7.45. The molecule has 2 aromatic rings. The van der Waals surface area contributed by atoms with Gasteiger partial charge in [0.25, 0.3) is 0 Å². The van der Waals surface area contributed by atoms with E-state index in [9.17, 15) is 38.7 Å². The summed E-state index contributed by atoms with van der Waals surface area (Å²) in [5.74, 6) is -6.44. The molecular formula is C29H45N11O8S2. The van der Waals surface area contributed by atoms with Crippen LogP contribution < -0.4 is 32.7 Å². The molecule has 276 valence electrons. The van der Waals surface area contributed by atoms with Crippen molar-refractivity contribution in [1.29, 1.82) is 0 Å². The van der Waals surface area contributed by atoms with Gasteiger partial charge in [-0.25, -0.2) is 9.67 Å². The van der Waals surface area contributed by atoms with E-state index in [1.54, 1.807) is 0 Å². The number of nitrogens with two attached hydrogens (primary N) is 2. The Morgan fingerprint density at radius 2 is 1.52 bits per heavy atom. The average molecular weight is 740 g/mol. The maximum Gasteiger partial charge on any atom is 0.305 e. The molecule has 0 aliphatic rings. The zero-order valence-electron chi connectivity index (χ0n) is 27.9. The van der Waals surface area contributed by atoms with Crippen molar-refractivity contribution in [1.82, 2.24) is 46.2 Å². The molecule has 1 unspecified atom stereocenters. The summed E-state index contributed by atoms with van der Waals surface area (Å²) in [7, 11) is 0. The van der Waals surface area contributed by atoms with Crippen molar-refractivity contribution in [2.45, 2.75) is 82.6 Å². The number of nitrogens with one attached hydrogen (secondary N) is 5. The first-order chi connectivity index (χ1) is 23.6. The van der Waals surface area contributed by atoms with Crippen molar-refractivity contribution in [3.8, 4) is 0 Å². The first kappa shape index (κ1) is 41.7. The first-order valence-corrected chi connectivity index (χ1v) is 16.9. The Hall–Kier alpha value is -4.50. The molecule has 0 aliphatic carbocycles. The van der Waals surface area contributed by atoms with Gasteiger partial charge in [-0.1, -0.05) is 19.1 Å². The number of hydrogen-bond acceptors (Lipinski definition) is 13. The number of nitrogens with zero attached hydrogens (tertiary/aromatic N) is 4. The second kappa shape index (κ2) is 20.2. The number of primary amides is 1. The predicted octanol–water partition coefficient (Wildman–Crippen LogP) is -2.39. The summed E-state index contributed by atoms with van der Waals surface area (Å²) in [4.78, 5) is 94.6. The summed E-state index contributed by atoms with van der Waals surface area (Å²) in [6, 6.07) is -5.89. The van der Waals surface area contributed by atoms with Crippen LogP contribution in [0.15, 0.2) is 18.7 Å². The van der Waals surface area contributed by atoms with Gasteiger partial charge in [0.1, 0.15) is 18.1 Å². The maximum atomic E-state index is 13.7. The standard InChI is InChI=1S/C29H45N11O8S2/c1-14(2)4-16(22-9-35-39-40(22)15(3)26(45)37-20(11-49)28(47)33-10-24(31)42)5-23(41)19(7-25(43)44)36-29(48)21(12-50)38-27(46)18(30)6-17-8-32-13-34-17/h8-9,13-16,18-21,49-50H,4-7,10-12,30H2,1-3H3,(H2,31,42)(H,32,34)(H,33,47)(H,36,48)(H,37,45)(H,38,46)(H,43,44)/t15-,16?,18-,19-,20-,21-/m0/s1. The van der Waals surface area contributed by atoms with Crippen molar-refractivity contribution >= 4 is 66.5 Å². The summed E-state index contributed by atoms with van der Waals surface area (Å²) in [6.45, 7) is 4.87. The second-order valence-electron chi connectivity index (χ2n) is 12.0. The van der Waals surface area contributed by atoms with Crippen molar-refractivity contribution in [3.05, 3.63) is 30.1 Å². The molecular weight excluding hydrogens is 695 g/mol. The smallest absolute Gasteiger partial charge is 0.305 e. The van der Waals surface area contributed by atoms with E-state index in [2.05, 4.69) is 66.8 Å². The number of carboxylic acid groups (broad SMARTS) is 1. The van der Waals surface area contributed by atoms with Crippen molar-refractivity contribution in [3.63, 3.8) is 0 Å². The number of carboxylic acids is 1. The van der Waals surface area contributed by atoms with Crippen LogP contribution in [0.25, 0.3) is 0 Å². The lowest BCUT2D eigenvalue weighted by atomic mass is 9.87. The lowest BCUT2D eigenvalue weighted by Gasteiger charge is -2.25. The molecule has 0 fully saturated rings. The Morgan fingerprint density at radius 3 is 2.08 bits per heavy atom. The monoisotopic (exact) mass is 739 g/mol. The lowest BCUT2D eigenvalue weighted by Crippen LogP contribution is -2.55. The Morgan fingerprint density at radius 1 is 0.900 bits per heavy atom. The minimum absolute atomic E-state index is 0.0186. The van der Waals surface area contributed by atoms with Crippen molar-refractivity contribution in [2.24, 2.45) is 17.4 Å². The SMILES string of the molecule is CC(C)CC(CC(=O)[C@H](CC(=O)O)NC(=O)[C@H](CS)NC(=O)[C@@H](N)Cc1cnc[nH]1)c1cnnn1[C@@H](C)C(=O)N[C@@H](CS)C(=O)NCC(N)=O. The van der Waals surface area contributed by atoms with Gasteiger partial charge in [-0.3, -0.25) is 33.6 Å². The largest absolute Gasteiger partial charge is 0.481 e. The molecule has 0 saturated heterocycles. The number of ketones is 1. The van der Waals surface area contributed by atoms with Gasteiger partial charge in [0.2, 0.25) is 29.5 Å². The van der Waals surface area contributed by atoms with Crippen LogP contribution in [0.2, 0.25) is 0 Å². The summed E-state index contributed by atoms with van der Waals surface area (Å²) in [6.07, 6.45) is 3.79. The van der Waals surface area contributed by atoms with Crippen LogP contribution in [0, 0.1) is 5.92 Å². The van der Waals surface area contributed by atoms with E-state index in [0.717, 1.165) is 0 Å². The number of H-pyrrole nitrogens is 1. The predicted molar refractivity (Wildman–Crippen MR) is 185 cm³/mol. The fourth-order valence-corrected chi connectivity index (χ4v) is 5.41. The maximum absolute atomic E-state index is 13.7. The molecule has 10 N–H and O–H groups in total. The van der Waals surface area contributed by atoms with Crippen LogP contribution in [0.4, 0.5) is 0 Å². The number of aromatic nitrogens is 5. The number of aromatic amines is 1. The van der Waals surface area contributed by atoms with Crippen molar-refractivity contribution < 1.29 is 38.7 Å². The van der Waals surface area contributed by atoms with E-state index in [0.29, 0.717) is 17.8 Å². The third kappa shape index (κ3) is 13.1. The third-order valence-corrected chi connectivity index (χ3v) is 8.18. The average Bonchev–Trinajstić information content (AvgIpc) is 3.76. The highest BCUT2D eigenvalue weighted by Gasteiger charge is 2.33. The second-order valence-corrected chi connectivity index (χ2v) is 12.7. The summed E-state index contributed by atoms with van der Waals surface area (Å²) in [5.41, 5.74) is 12.0. The number of carbonyl (C=O) groups is 7. The van der Waals surface area contributed by atoms with Crippen LogP contribution in [0.1, 0.15) is 63.4 Å². The number of carbonyl (C=O) groups excluding carboxylic acids is 6. The number of hydrogen-bond donors (Lipinski definition) is 10. The van der Waals surface area contributed by atoms with E-state index in [-0.39, 0.29) is 30.3 Å². The zero-order valence-corrected chi connectivity index (χ0v) is 29.7. The van der Waals surface area contributed by atoms with Gasteiger partial charge in [-0.05, 0) is 19.3 Å². The number of amides is 5. The minimum atomic E-state index is -1.48. The van der Waals surface area contributed by atoms with E-state index in [1.165, 1.54) is 30.3 Å². The molecule has 2 aromatic heterocycles. The molecule has 2 rings (SSSR count). The molecule has 2 heterocycles. The number of thiol groups is 2. The molecule has 5 amide bonds. The number of rotatable bonds is 22. The van der Waals surface area contributed by atoms with Crippen LogP contribution in [-0.2, 0) is 40.0 Å². The highest BCUT2D eigenvalue weighted by atomic mass is 32.1. The quantitative estimate of drug-likeness (QED) is 0.0566. The van der Waals surface area contributed by atoms with Gasteiger partial charge >= 0.3 is 5.97 Å². The van der Waals surface area contributed by atoms with E-state index in [4.69, 9.17) is 11.5 Å². The number of aliphatic carboxylic acids is 1. The van der Waals surface area contributed by atoms with Gasteiger partial charge < -0.3 is 42.8 Å². The zero-order chi connectivity index (χ0) is 37.5. The van der Waals surface area contributed by atoms with Gasteiger partial charge in [-0.15, -0.1) is 5.10 Å². The lowest BCUT2D eigenvalue weighted by molar-refractivity contribution is -0.140. The normalized spacial score (nSPS) is 14.8. The molecule has 0 bridgehead atoms. The minimum Gasteiger partial charge on any atom is -0.481 e. The fraction of sp³-hybridized carbons (Fsp3) is 0.586. The van der Waals surface area contributed by atoms with E-state index >= 15 is 0 Å². The summed E-state index contributed by atoms with van der Waals surface area (Å²) >= 11 is 8.24. The van der Waals surface area contributed by atoms with E-state index in [1.807, 2.05) is 13.8 Å². The van der Waals surface area contributed by atoms with Gasteiger partial charge in [-0.2, -0.15) is 25.3 Å². The first-order valence-electron chi connectivity index (χ1n) is 15.6. The van der Waals surface area contributed by atoms with Crippen LogP contribution in [0.5, 0.6) is 0 Å². The molecule has 6 atom stereocenters. The number of Topliss-reactive ketones (excluding diaryl/α,β-unsaturated/α-hetero) is 1. The Kier molecular flexibility index (Phi) is 16.9. The van der Waals surface area contributed by atoms with E-state index < -0.39 is 90.4 Å². The number of imidazole rings is 1. The van der Waals surface area contributed by atoms with Gasteiger partial charge in [0.05, 0.1) is 43.3 Å². The Balaban J connectivity index is 2.22. The summed E-state index contributed by atoms with van der Waals surface area (Å²) < 4.78 is 1.29. The van der Waals surface area contributed by atoms with Gasteiger partial charge in [0, 0.05) is 42.2 Å². The highest BCUT2D eigenvalue weighted by Crippen LogP contribution is 2.29. The molecule has 50 heavy (non-hydrogen) atoms. The van der Waals surface area contributed by atoms with Crippen LogP contribution in [-0.4, -0.2) is 114 Å². The molecule has 21 heteroatoms. The van der Waals surface area contributed by atoms with Crippen molar-refractivity contribution in [2.75, 3.05) is 18.1 Å². The fourth-order valence-electron chi connectivity index (χ4n) is 4.89. The molecule has 0 saturated carbocycles. The molecule has 19 nitrogen and oxygen atoms in total. The Labute approximate surface area is 299 Å². The highest BCUT2D eigenvalue weighted by molar-refractivity contribution is 7.80. The van der Waals surface area contributed by atoms with Crippen LogP contribution >= 0.6 is 25.3 Å². The summed E-state index contributed by atoms with van der Waals surface area (Å²) in [5, 5.41) is 27.3. The topological polar surface area (TPSA) is 299 Å². The van der Waals surface area contributed by atoms with Gasteiger partial charge in [0.15, 0.2) is 5.78 Å². The molecule has 0 aliphatic heterocycles.